The first-order chi connectivity index (χ1) is 26.0. The van der Waals surface area contributed by atoms with Crippen molar-refractivity contribution >= 4 is 23.5 Å². The third-order valence-corrected chi connectivity index (χ3v) is 10.4. The van der Waals surface area contributed by atoms with Crippen molar-refractivity contribution in [3.05, 3.63) is 114 Å². The van der Waals surface area contributed by atoms with Crippen molar-refractivity contribution in [3.8, 4) is 0 Å². The first-order valence-corrected chi connectivity index (χ1v) is 18.5. The monoisotopic (exact) mass is 741 g/mol. The van der Waals surface area contributed by atoms with Crippen LogP contribution in [0.2, 0.25) is 0 Å². The van der Waals surface area contributed by atoms with Crippen molar-refractivity contribution in [2.45, 2.75) is 82.7 Å². The number of benzene rings is 3. The summed E-state index contributed by atoms with van der Waals surface area (Å²) < 4.78 is 26.7. The zero-order valence-electron chi connectivity index (χ0n) is 30.6. The van der Waals surface area contributed by atoms with Crippen LogP contribution in [-0.4, -0.2) is 74.2 Å². The standard InChI is InChI=1S/C41H48FN5O7/c1-27(2)37(40(51)52)45-36(49)22-54-41(23-53-24-41)20-19-29-5-9-31(10-6-29)38-34(17-18-35(48)30-11-13-32(42)14-12-30)39(50)47(38)33-15-7-28(8-16-33)4-3-21-46-26-43-25-44-46/h5-16,25-27,34-35,37-38,48H,3-4,17-24H2,1-2H3,(H,45,49)(H,51,52)/t34-,35?,37?,38?/m1/s1. The molecule has 6 rings (SSSR count). The fourth-order valence-electron chi connectivity index (χ4n) is 7.14. The highest BCUT2D eigenvalue weighted by molar-refractivity contribution is 6.03. The van der Waals surface area contributed by atoms with Crippen molar-refractivity contribution in [3.63, 3.8) is 0 Å². The molecule has 12 nitrogen and oxygen atoms in total. The van der Waals surface area contributed by atoms with E-state index in [2.05, 4.69) is 27.5 Å². The summed E-state index contributed by atoms with van der Waals surface area (Å²) in [5, 5.41) is 27.0. The molecule has 2 fully saturated rings. The number of carbonyl (C=O) groups excluding carboxylic acids is 2. The molecule has 3 unspecified atom stereocenters. The number of ether oxygens (including phenoxy) is 2. The normalized spacial score (nSPS) is 18.8. The van der Waals surface area contributed by atoms with Crippen LogP contribution in [0.15, 0.2) is 85.5 Å². The molecule has 0 spiro atoms. The number of carboxylic acids is 1. The summed E-state index contributed by atoms with van der Waals surface area (Å²) in [6, 6.07) is 20.8. The lowest BCUT2D eigenvalue weighted by Crippen LogP contribution is -2.55. The molecule has 2 saturated heterocycles. The maximum atomic E-state index is 13.8. The molecule has 3 N–H and O–H groups in total. The number of rotatable bonds is 19. The summed E-state index contributed by atoms with van der Waals surface area (Å²) in [6.07, 6.45) is 6.24. The quantitative estimate of drug-likeness (QED) is 0.110. The molecule has 2 amide bonds. The average molecular weight is 742 g/mol. The second kappa shape index (κ2) is 17.4. The smallest absolute Gasteiger partial charge is 0.326 e. The minimum Gasteiger partial charge on any atom is -0.480 e. The van der Waals surface area contributed by atoms with E-state index in [1.54, 1.807) is 37.0 Å². The Bertz CT molecular complexity index is 1850. The van der Waals surface area contributed by atoms with Gasteiger partial charge < -0.3 is 29.9 Å². The number of anilines is 1. The number of nitrogens with zero attached hydrogens (tertiary/aromatic N) is 4. The van der Waals surface area contributed by atoms with Gasteiger partial charge in [-0.3, -0.25) is 14.3 Å². The van der Waals surface area contributed by atoms with E-state index in [0.29, 0.717) is 44.5 Å². The Morgan fingerprint density at radius 2 is 1.70 bits per heavy atom. The van der Waals surface area contributed by atoms with Crippen LogP contribution in [0.4, 0.5) is 10.1 Å². The Labute approximate surface area is 314 Å². The van der Waals surface area contributed by atoms with Gasteiger partial charge in [-0.1, -0.05) is 62.4 Å². The summed E-state index contributed by atoms with van der Waals surface area (Å²) in [4.78, 5) is 43.6. The fraction of sp³-hybridized carbons (Fsp3) is 0.439. The number of hydrogen-bond donors (Lipinski definition) is 3. The molecule has 0 aliphatic carbocycles. The molecule has 2 aliphatic heterocycles. The summed E-state index contributed by atoms with van der Waals surface area (Å²) >= 11 is 0. The zero-order valence-corrected chi connectivity index (χ0v) is 30.6. The van der Waals surface area contributed by atoms with Gasteiger partial charge in [-0.25, -0.2) is 14.2 Å². The molecule has 3 aromatic carbocycles. The SMILES string of the molecule is CC(C)C(NC(=O)COC1(CCc2ccc(C3[C@@H](CCC(O)c4ccc(F)cc4)C(=O)N3c3ccc(CCCn4cncn4)cc3)cc2)COC1)C(=O)O. The second-order valence-electron chi connectivity index (χ2n) is 14.7. The number of aliphatic hydroxyl groups is 1. The number of hydrogen-bond acceptors (Lipinski definition) is 8. The van der Waals surface area contributed by atoms with Gasteiger partial charge in [0, 0.05) is 12.2 Å². The van der Waals surface area contributed by atoms with Crippen molar-refractivity contribution in [1.29, 1.82) is 0 Å². The number of carbonyl (C=O) groups is 3. The first kappa shape index (κ1) is 38.7. The molecule has 2 aliphatic rings. The van der Waals surface area contributed by atoms with Gasteiger partial charge in [-0.15, -0.1) is 0 Å². The van der Waals surface area contributed by atoms with E-state index >= 15 is 0 Å². The number of aliphatic hydroxyl groups excluding tert-OH is 1. The van der Waals surface area contributed by atoms with Crippen molar-refractivity contribution in [1.82, 2.24) is 20.1 Å². The average Bonchev–Trinajstić information content (AvgIpc) is 3.67. The highest BCUT2D eigenvalue weighted by Crippen LogP contribution is 2.46. The Kier molecular flexibility index (Phi) is 12.5. The van der Waals surface area contributed by atoms with Crippen LogP contribution in [0.1, 0.15) is 73.9 Å². The predicted octanol–water partition coefficient (Wildman–Crippen LogP) is 5.21. The van der Waals surface area contributed by atoms with Crippen LogP contribution < -0.4 is 10.2 Å². The van der Waals surface area contributed by atoms with Crippen LogP contribution in [0.5, 0.6) is 0 Å². The van der Waals surface area contributed by atoms with Gasteiger partial charge in [0.25, 0.3) is 0 Å². The molecule has 3 heterocycles. The molecule has 4 aromatic rings. The maximum Gasteiger partial charge on any atom is 0.326 e. The minimum atomic E-state index is -1.09. The van der Waals surface area contributed by atoms with Crippen LogP contribution >= 0.6 is 0 Å². The number of aryl methyl sites for hydroxylation is 3. The van der Waals surface area contributed by atoms with Gasteiger partial charge in [0.15, 0.2) is 0 Å². The van der Waals surface area contributed by atoms with Gasteiger partial charge in [0.05, 0.1) is 31.3 Å². The Balaban J connectivity index is 1.10. The lowest BCUT2D eigenvalue weighted by atomic mass is 9.78. The predicted molar refractivity (Wildman–Crippen MR) is 198 cm³/mol. The van der Waals surface area contributed by atoms with E-state index in [4.69, 9.17) is 9.47 Å². The number of β-lactam (4-membered cyclic amide) rings is 1. The number of aliphatic carboxylic acids is 1. The highest BCUT2D eigenvalue weighted by atomic mass is 19.1. The largest absolute Gasteiger partial charge is 0.480 e. The first-order valence-electron chi connectivity index (χ1n) is 18.5. The molecule has 0 saturated carbocycles. The van der Waals surface area contributed by atoms with E-state index in [-0.39, 0.29) is 36.2 Å². The molecular weight excluding hydrogens is 693 g/mol. The van der Waals surface area contributed by atoms with Crippen molar-refractivity contribution in [2.75, 3.05) is 24.7 Å². The Hall–Kier alpha value is -4.98. The van der Waals surface area contributed by atoms with E-state index in [0.717, 1.165) is 41.8 Å². The van der Waals surface area contributed by atoms with Gasteiger partial charge in [0.2, 0.25) is 11.8 Å². The molecule has 13 heteroatoms. The zero-order chi connectivity index (χ0) is 38.2. The maximum absolute atomic E-state index is 13.8. The van der Waals surface area contributed by atoms with E-state index in [1.165, 1.54) is 18.5 Å². The summed E-state index contributed by atoms with van der Waals surface area (Å²) in [5.41, 5.74) is 3.97. The number of carboxylic acid groups (broad SMARTS) is 1. The summed E-state index contributed by atoms with van der Waals surface area (Å²) in [6.45, 7) is 4.66. The van der Waals surface area contributed by atoms with E-state index in [1.807, 2.05) is 41.3 Å². The van der Waals surface area contributed by atoms with Crippen molar-refractivity contribution < 1.29 is 38.5 Å². The Morgan fingerprint density at radius 1 is 1.02 bits per heavy atom. The lowest BCUT2D eigenvalue weighted by molar-refractivity contribution is -0.212. The van der Waals surface area contributed by atoms with E-state index < -0.39 is 29.6 Å². The van der Waals surface area contributed by atoms with E-state index in [9.17, 15) is 29.0 Å². The third-order valence-electron chi connectivity index (χ3n) is 10.4. The van der Waals surface area contributed by atoms with Crippen LogP contribution in [0, 0.1) is 17.7 Å². The van der Waals surface area contributed by atoms with Gasteiger partial charge in [0.1, 0.15) is 36.7 Å². The second-order valence-corrected chi connectivity index (χ2v) is 14.7. The summed E-state index contributed by atoms with van der Waals surface area (Å²) in [5.74, 6) is -2.56. The van der Waals surface area contributed by atoms with Crippen LogP contribution in [-0.2, 0) is 43.2 Å². The topological polar surface area (TPSA) is 156 Å². The van der Waals surface area contributed by atoms with Gasteiger partial charge >= 0.3 is 5.97 Å². The van der Waals surface area contributed by atoms with Crippen molar-refractivity contribution in [2.24, 2.45) is 11.8 Å². The number of aromatic nitrogens is 3. The molecule has 0 radical (unpaired) electrons. The number of halogens is 1. The molecule has 54 heavy (non-hydrogen) atoms. The van der Waals surface area contributed by atoms with Gasteiger partial charge in [-0.2, -0.15) is 5.10 Å². The molecule has 286 valence electrons. The highest BCUT2D eigenvalue weighted by Gasteiger charge is 2.48. The number of amides is 2. The summed E-state index contributed by atoms with van der Waals surface area (Å²) in [7, 11) is 0. The lowest BCUT2D eigenvalue weighted by Gasteiger charge is -2.48. The molecule has 0 bridgehead atoms. The third kappa shape index (κ3) is 9.38. The van der Waals surface area contributed by atoms with Crippen LogP contribution in [0.3, 0.4) is 0 Å². The molecule has 1 aromatic heterocycles. The number of nitrogens with one attached hydrogen (secondary N) is 1. The fourth-order valence-corrected chi connectivity index (χ4v) is 7.14. The Morgan fingerprint density at radius 3 is 2.31 bits per heavy atom. The molecule has 4 atom stereocenters. The minimum absolute atomic E-state index is 0.00880. The molecular formula is C41H48FN5O7. The van der Waals surface area contributed by atoms with Crippen LogP contribution in [0.25, 0.3) is 0 Å². The van der Waals surface area contributed by atoms with Gasteiger partial charge in [-0.05, 0) is 91.0 Å².